The van der Waals surface area contributed by atoms with E-state index in [1.54, 1.807) is 0 Å². The molecule has 0 aliphatic heterocycles. The maximum Gasteiger partial charge on any atom is 0.320 e. The van der Waals surface area contributed by atoms with Crippen LogP contribution in [0.3, 0.4) is 0 Å². The van der Waals surface area contributed by atoms with Crippen LogP contribution in [0.2, 0.25) is 0 Å². The van der Waals surface area contributed by atoms with Crippen molar-refractivity contribution in [2.75, 3.05) is 11.5 Å². The molecule has 0 heterocycles. The highest BCUT2D eigenvalue weighted by Crippen LogP contribution is 2.63. The van der Waals surface area contributed by atoms with E-state index >= 15 is 0 Å². The molecule has 0 aromatic heterocycles. The van der Waals surface area contributed by atoms with Crippen molar-refractivity contribution in [2.24, 2.45) is 22.2 Å². The fraction of sp³-hybridized carbons (Fsp3) is 0.714. The Bertz CT molecular complexity index is 689. The number of allylic oxidation sites excluding steroid dienone is 4. The second kappa shape index (κ2) is 6.21. The first-order chi connectivity index (χ1) is 11.7. The third kappa shape index (κ3) is 2.49. The Labute approximate surface area is 164 Å². The van der Waals surface area contributed by atoms with Gasteiger partial charge in [-0.25, -0.2) is 0 Å². The fourth-order valence-electron chi connectivity index (χ4n) is 5.31. The Balaban J connectivity index is 2.18. The SMILES string of the molecule is COC(=O)[C@]1(CI)CC=C2C3=C(C(C)C)CC[C@]3(C)CC[C@@]2(C)C1=O. The van der Waals surface area contributed by atoms with Gasteiger partial charge in [0.1, 0.15) is 5.41 Å². The molecule has 138 valence electrons. The summed E-state index contributed by atoms with van der Waals surface area (Å²) in [4.78, 5) is 26.2. The van der Waals surface area contributed by atoms with E-state index in [9.17, 15) is 9.59 Å². The molecule has 0 spiro atoms. The summed E-state index contributed by atoms with van der Waals surface area (Å²) in [5.74, 6) is 0.205. The van der Waals surface area contributed by atoms with E-state index in [4.69, 9.17) is 4.74 Å². The second-order valence-electron chi connectivity index (χ2n) is 8.81. The van der Waals surface area contributed by atoms with Crippen LogP contribution in [0, 0.1) is 22.2 Å². The summed E-state index contributed by atoms with van der Waals surface area (Å²) in [6.07, 6.45) is 6.86. The first kappa shape index (κ1) is 19.1. The lowest BCUT2D eigenvalue weighted by molar-refractivity contribution is -0.160. The number of alkyl halides is 1. The van der Waals surface area contributed by atoms with Gasteiger partial charge in [-0.2, -0.15) is 0 Å². The van der Waals surface area contributed by atoms with E-state index in [-0.39, 0.29) is 17.2 Å². The molecule has 3 nitrogen and oxygen atoms in total. The van der Waals surface area contributed by atoms with Gasteiger partial charge in [0.05, 0.1) is 12.5 Å². The zero-order chi connectivity index (χ0) is 18.6. The van der Waals surface area contributed by atoms with E-state index in [0.29, 0.717) is 16.8 Å². The number of Topliss-reactive ketones (excluding diaryl/α,β-unsaturated/α-hetero) is 1. The number of carbonyl (C=O) groups is 2. The minimum Gasteiger partial charge on any atom is -0.468 e. The van der Waals surface area contributed by atoms with Gasteiger partial charge in [-0.15, -0.1) is 0 Å². The van der Waals surface area contributed by atoms with E-state index in [0.717, 1.165) is 19.3 Å². The molecule has 0 aromatic carbocycles. The molecule has 3 rings (SSSR count). The van der Waals surface area contributed by atoms with Gasteiger partial charge < -0.3 is 4.74 Å². The normalized spacial score (nSPS) is 37.7. The number of ether oxygens (including phenoxy) is 1. The molecular weight excluding hydrogens is 427 g/mol. The Hall–Kier alpha value is -0.650. The van der Waals surface area contributed by atoms with Crippen LogP contribution in [0.15, 0.2) is 22.8 Å². The molecule has 0 radical (unpaired) electrons. The molecule has 1 saturated carbocycles. The third-order valence-corrected chi connectivity index (χ3v) is 8.31. The van der Waals surface area contributed by atoms with Gasteiger partial charge in [-0.05, 0) is 61.5 Å². The highest BCUT2D eigenvalue weighted by Gasteiger charge is 2.60. The summed E-state index contributed by atoms with van der Waals surface area (Å²) >= 11 is 2.17. The maximum absolute atomic E-state index is 13.6. The Morgan fingerprint density at radius 3 is 2.52 bits per heavy atom. The summed E-state index contributed by atoms with van der Waals surface area (Å²) in [6.45, 7) is 8.94. The molecule has 4 heteroatoms. The van der Waals surface area contributed by atoms with E-state index < -0.39 is 10.8 Å². The molecular formula is C21H29IO3. The summed E-state index contributed by atoms with van der Waals surface area (Å²) in [5, 5.41) is 0. The zero-order valence-electron chi connectivity index (χ0n) is 16.0. The second-order valence-corrected chi connectivity index (χ2v) is 9.57. The van der Waals surface area contributed by atoms with Crippen molar-refractivity contribution in [3.05, 3.63) is 22.8 Å². The minimum atomic E-state index is -1.02. The van der Waals surface area contributed by atoms with E-state index in [1.165, 1.54) is 30.2 Å². The predicted octanol–water partition coefficient (Wildman–Crippen LogP) is 5.03. The molecule has 0 saturated heterocycles. The van der Waals surface area contributed by atoms with E-state index in [2.05, 4.69) is 56.4 Å². The molecule has 0 amide bonds. The number of halogens is 1. The number of carbonyl (C=O) groups excluding carboxylic acids is 2. The summed E-state index contributed by atoms with van der Waals surface area (Å²) in [5.41, 5.74) is 2.80. The number of esters is 1. The first-order valence-electron chi connectivity index (χ1n) is 9.30. The van der Waals surface area contributed by atoms with Crippen LogP contribution < -0.4 is 0 Å². The minimum absolute atomic E-state index is 0.0725. The Kier molecular flexibility index (Phi) is 4.75. The largest absolute Gasteiger partial charge is 0.468 e. The van der Waals surface area contributed by atoms with Gasteiger partial charge in [0, 0.05) is 4.43 Å². The quantitative estimate of drug-likeness (QED) is 0.259. The molecule has 0 bridgehead atoms. The highest BCUT2D eigenvalue weighted by atomic mass is 127. The molecule has 3 atom stereocenters. The lowest BCUT2D eigenvalue weighted by atomic mass is 9.52. The maximum atomic E-state index is 13.6. The van der Waals surface area contributed by atoms with Gasteiger partial charge in [-0.3, -0.25) is 9.59 Å². The Morgan fingerprint density at radius 1 is 1.28 bits per heavy atom. The van der Waals surface area contributed by atoms with Crippen LogP contribution in [0.25, 0.3) is 0 Å². The van der Waals surface area contributed by atoms with Gasteiger partial charge >= 0.3 is 5.97 Å². The molecule has 3 aliphatic carbocycles. The smallest absolute Gasteiger partial charge is 0.320 e. The molecule has 0 N–H and O–H groups in total. The molecule has 3 aliphatic rings. The predicted molar refractivity (Wildman–Crippen MR) is 108 cm³/mol. The topological polar surface area (TPSA) is 43.4 Å². The number of methoxy groups -OCH3 is 1. The van der Waals surface area contributed by atoms with E-state index in [1.807, 2.05) is 0 Å². The lowest BCUT2D eigenvalue weighted by Crippen LogP contribution is -2.54. The third-order valence-electron chi connectivity index (χ3n) is 7.00. The van der Waals surface area contributed by atoms with Crippen LogP contribution >= 0.6 is 22.6 Å². The van der Waals surface area contributed by atoms with Gasteiger partial charge in [-0.1, -0.05) is 55.0 Å². The average Bonchev–Trinajstić information content (AvgIpc) is 2.94. The van der Waals surface area contributed by atoms with Crippen molar-refractivity contribution in [3.63, 3.8) is 0 Å². The van der Waals surface area contributed by atoms with Crippen molar-refractivity contribution in [2.45, 2.75) is 59.8 Å². The summed E-state index contributed by atoms with van der Waals surface area (Å²) in [7, 11) is 1.39. The van der Waals surface area contributed by atoms with Crippen LogP contribution in [-0.4, -0.2) is 23.3 Å². The van der Waals surface area contributed by atoms with Crippen LogP contribution in [0.1, 0.15) is 59.8 Å². The van der Waals surface area contributed by atoms with Crippen LogP contribution in [0.4, 0.5) is 0 Å². The van der Waals surface area contributed by atoms with Gasteiger partial charge in [0.2, 0.25) is 0 Å². The van der Waals surface area contributed by atoms with Gasteiger partial charge in [0.15, 0.2) is 5.78 Å². The zero-order valence-corrected chi connectivity index (χ0v) is 18.2. The summed E-state index contributed by atoms with van der Waals surface area (Å²) in [6, 6.07) is 0. The highest BCUT2D eigenvalue weighted by molar-refractivity contribution is 14.1. The number of fused-ring (bicyclic) bond motifs is 3. The van der Waals surface area contributed by atoms with Gasteiger partial charge in [0.25, 0.3) is 0 Å². The monoisotopic (exact) mass is 456 g/mol. The molecule has 0 aromatic rings. The van der Waals surface area contributed by atoms with Crippen LogP contribution in [-0.2, 0) is 14.3 Å². The Morgan fingerprint density at radius 2 is 1.96 bits per heavy atom. The molecule has 0 unspecified atom stereocenters. The van der Waals surface area contributed by atoms with Crippen molar-refractivity contribution in [3.8, 4) is 0 Å². The number of rotatable bonds is 3. The van der Waals surface area contributed by atoms with Crippen LogP contribution in [0.5, 0.6) is 0 Å². The first-order valence-corrected chi connectivity index (χ1v) is 10.8. The number of hydrogen-bond donors (Lipinski definition) is 0. The lowest BCUT2D eigenvalue weighted by Gasteiger charge is -2.50. The molecule has 25 heavy (non-hydrogen) atoms. The standard InChI is InChI=1S/C21H29IO3/c1-13(2)14-6-8-19(3)10-11-20(4)15(16(14)19)7-9-21(12-22,17(20)23)18(24)25-5/h7,13H,6,8-12H2,1-5H3/t19-,20-,21+/m1/s1. The summed E-state index contributed by atoms with van der Waals surface area (Å²) < 4.78 is 5.51. The molecule has 1 fully saturated rings. The van der Waals surface area contributed by atoms with Crippen molar-refractivity contribution < 1.29 is 14.3 Å². The van der Waals surface area contributed by atoms with Crippen molar-refractivity contribution in [1.29, 1.82) is 0 Å². The average molecular weight is 456 g/mol. The van der Waals surface area contributed by atoms with Crippen molar-refractivity contribution in [1.82, 2.24) is 0 Å². The number of ketones is 1. The van der Waals surface area contributed by atoms with Crippen molar-refractivity contribution >= 4 is 34.3 Å². The fourth-order valence-corrected chi connectivity index (χ4v) is 6.28. The number of hydrogen-bond acceptors (Lipinski definition) is 3.